The van der Waals surface area contributed by atoms with Crippen LogP contribution in [0.15, 0.2) is 46.6 Å². The van der Waals surface area contributed by atoms with Crippen LogP contribution in [0.3, 0.4) is 0 Å². The van der Waals surface area contributed by atoms with Gasteiger partial charge in [0.25, 0.3) is 5.56 Å². The maximum atomic E-state index is 11.9. The highest BCUT2D eigenvalue weighted by molar-refractivity contribution is 7.17. The van der Waals surface area contributed by atoms with Gasteiger partial charge in [0.2, 0.25) is 0 Å². The van der Waals surface area contributed by atoms with Gasteiger partial charge in [-0.05, 0) is 30.4 Å². The smallest absolute Gasteiger partial charge is 0.268 e. The van der Waals surface area contributed by atoms with Gasteiger partial charge in [-0.15, -0.1) is 11.3 Å². The first-order valence-corrected chi connectivity index (χ1v) is 7.84. The normalized spacial score (nSPS) is 12.6. The number of hydrogen-bond acceptors (Lipinski definition) is 4. The second kappa shape index (κ2) is 6.20. The molecule has 0 amide bonds. The second-order valence-corrected chi connectivity index (χ2v) is 6.04. The lowest BCUT2D eigenvalue weighted by Gasteiger charge is -2.13. The van der Waals surface area contributed by atoms with Crippen molar-refractivity contribution in [1.29, 1.82) is 0 Å². The molecule has 0 aliphatic heterocycles. The van der Waals surface area contributed by atoms with Crippen LogP contribution in [0.5, 0.6) is 0 Å². The van der Waals surface area contributed by atoms with Gasteiger partial charge in [0.15, 0.2) is 0 Å². The van der Waals surface area contributed by atoms with Gasteiger partial charge in [0, 0.05) is 6.04 Å². The standard InChI is InChI=1S/C16H17N3OS/c1-11(9-12-5-3-2-4-6-12)17-10-14-18-13-7-8-21-15(13)16(20)19-14/h2-8,11,17H,9-10H2,1H3,(H,18,19,20). The van der Waals surface area contributed by atoms with E-state index in [2.05, 4.69) is 34.3 Å². The predicted octanol–water partition coefficient (Wildman–Crippen LogP) is 2.71. The number of rotatable bonds is 5. The molecule has 3 rings (SSSR count). The fourth-order valence-electron chi connectivity index (χ4n) is 2.32. The lowest BCUT2D eigenvalue weighted by molar-refractivity contribution is 0.533. The molecule has 3 aromatic rings. The number of H-pyrrole nitrogens is 1. The van der Waals surface area contributed by atoms with Crippen LogP contribution in [0, 0.1) is 0 Å². The van der Waals surface area contributed by atoms with Gasteiger partial charge >= 0.3 is 0 Å². The van der Waals surface area contributed by atoms with E-state index in [1.807, 2.05) is 29.6 Å². The molecule has 1 atom stereocenters. The van der Waals surface area contributed by atoms with Gasteiger partial charge in [0.1, 0.15) is 10.5 Å². The number of fused-ring (bicyclic) bond motifs is 1. The molecule has 0 aliphatic rings. The van der Waals surface area contributed by atoms with E-state index in [9.17, 15) is 4.79 Å². The van der Waals surface area contributed by atoms with Crippen LogP contribution in [0.25, 0.3) is 10.2 Å². The Labute approximate surface area is 126 Å². The second-order valence-electron chi connectivity index (χ2n) is 5.12. The zero-order chi connectivity index (χ0) is 14.7. The Morgan fingerprint density at radius 3 is 2.90 bits per heavy atom. The summed E-state index contributed by atoms with van der Waals surface area (Å²) < 4.78 is 0.691. The average Bonchev–Trinajstić information content (AvgIpc) is 2.95. The van der Waals surface area contributed by atoms with Crippen molar-refractivity contribution in [3.8, 4) is 0 Å². The Morgan fingerprint density at radius 1 is 1.29 bits per heavy atom. The van der Waals surface area contributed by atoms with Gasteiger partial charge in [-0.3, -0.25) is 4.79 Å². The molecular formula is C16H17N3OS. The summed E-state index contributed by atoms with van der Waals surface area (Å²) in [6.45, 7) is 2.70. The molecule has 2 N–H and O–H groups in total. The van der Waals surface area contributed by atoms with Crippen molar-refractivity contribution in [3.63, 3.8) is 0 Å². The maximum Gasteiger partial charge on any atom is 0.268 e. The molecule has 0 radical (unpaired) electrons. The SMILES string of the molecule is CC(Cc1ccccc1)NCc1nc2ccsc2c(=O)[nH]1. The van der Waals surface area contributed by atoms with Crippen molar-refractivity contribution in [2.24, 2.45) is 0 Å². The number of nitrogens with zero attached hydrogens (tertiary/aromatic N) is 1. The van der Waals surface area contributed by atoms with Crippen LogP contribution in [-0.2, 0) is 13.0 Å². The summed E-state index contributed by atoms with van der Waals surface area (Å²) in [5, 5.41) is 5.29. The van der Waals surface area contributed by atoms with Crippen LogP contribution < -0.4 is 10.9 Å². The molecule has 4 nitrogen and oxygen atoms in total. The van der Waals surface area contributed by atoms with Gasteiger partial charge in [-0.25, -0.2) is 4.98 Å². The van der Waals surface area contributed by atoms with Crippen molar-refractivity contribution >= 4 is 21.6 Å². The third-order valence-electron chi connectivity index (χ3n) is 3.37. The van der Waals surface area contributed by atoms with Crippen molar-refractivity contribution < 1.29 is 0 Å². The molecule has 2 aromatic heterocycles. The lowest BCUT2D eigenvalue weighted by Crippen LogP contribution is -2.29. The summed E-state index contributed by atoms with van der Waals surface area (Å²) >= 11 is 1.42. The summed E-state index contributed by atoms with van der Waals surface area (Å²) in [5.41, 5.74) is 2.02. The third-order valence-corrected chi connectivity index (χ3v) is 4.27. The minimum Gasteiger partial charge on any atom is -0.308 e. The van der Waals surface area contributed by atoms with E-state index >= 15 is 0 Å². The Hall–Kier alpha value is -1.98. The minimum atomic E-state index is -0.0532. The molecule has 1 unspecified atom stereocenters. The maximum absolute atomic E-state index is 11.9. The Kier molecular flexibility index (Phi) is 4.13. The summed E-state index contributed by atoms with van der Waals surface area (Å²) in [5.74, 6) is 0.686. The van der Waals surface area contributed by atoms with E-state index in [0.717, 1.165) is 11.9 Å². The fourth-order valence-corrected chi connectivity index (χ4v) is 3.04. The zero-order valence-electron chi connectivity index (χ0n) is 11.8. The first kappa shape index (κ1) is 14.0. The molecule has 108 valence electrons. The van der Waals surface area contributed by atoms with E-state index in [0.29, 0.717) is 23.1 Å². The van der Waals surface area contributed by atoms with Gasteiger partial charge in [-0.1, -0.05) is 30.3 Å². The molecule has 0 saturated carbocycles. The number of benzene rings is 1. The van der Waals surface area contributed by atoms with E-state index in [-0.39, 0.29) is 5.56 Å². The number of thiophene rings is 1. The van der Waals surface area contributed by atoms with Crippen LogP contribution in [-0.4, -0.2) is 16.0 Å². The highest BCUT2D eigenvalue weighted by Gasteiger charge is 2.07. The molecule has 0 saturated heterocycles. The Bertz CT molecular complexity index is 779. The van der Waals surface area contributed by atoms with Crippen LogP contribution in [0.2, 0.25) is 0 Å². The molecule has 1 aromatic carbocycles. The van der Waals surface area contributed by atoms with Crippen molar-refractivity contribution in [2.75, 3.05) is 0 Å². The van der Waals surface area contributed by atoms with Crippen LogP contribution >= 0.6 is 11.3 Å². The summed E-state index contributed by atoms with van der Waals surface area (Å²) in [4.78, 5) is 19.2. The van der Waals surface area contributed by atoms with Gasteiger partial charge < -0.3 is 10.3 Å². The summed E-state index contributed by atoms with van der Waals surface area (Å²) in [6.07, 6.45) is 0.950. The molecule has 0 spiro atoms. The highest BCUT2D eigenvalue weighted by Crippen LogP contribution is 2.13. The highest BCUT2D eigenvalue weighted by atomic mass is 32.1. The molecule has 0 aliphatic carbocycles. The van der Waals surface area contributed by atoms with E-state index < -0.39 is 0 Å². The predicted molar refractivity (Wildman–Crippen MR) is 86.7 cm³/mol. The van der Waals surface area contributed by atoms with Crippen molar-refractivity contribution in [2.45, 2.75) is 25.9 Å². The van der Waals surface area contributed by atoms with Crippen LogP contribution in [0.4, 0.5) is 0 Å². The summed E-state index contributed by atoms with van der Waals surface area (Å²) in [7, 11) is 0. The van der Waals surface area contributed by atoms with E-state index in [1.54, 1.807) is 0 Å². The Balaban J connectivity index is 1.64. The first-order valence-electron chi connectivity index (χ1n) is 6.96. The Morgan fingerprint density at radius 2 is 2.10 bits per heavy atom. The lowest BCUT2D eigenvalue weighted by atomic mass is 10.1. The fraction of sp³-hybridized carbons (Fsp3) is 0.250. The van der Waals surface area contributed by atoms with Gasteiger partial charge in [-0.2, -0.15) is 0 Å². The van der Waals surface area contributed by atoms with Gasteiger partial charge in [0.05, 0.1) is 12.1 Å². The number of nitrogens with one attached hydrogen (secondary N) is 2. The third kappa shape index (κ3) is 3.37. The quantitative estimate of drug-likeness (QED) is 0.761. The molecule has 2 heterocycles. The molecular weight excluding hydrogens is 282 g/mol. The molecule has 5 heteroatoms. The van der Waals surface area contributed by atoms with E-state index in [1.165, 1.54) is 16.9 Å². The minimum absolute atomic E-state index is 0.0532. The molecule has 21 heavy (non-hydrogen) atoms. The molecule has 0 fully saturated rings. The number of hydrogen-bond donors (Lipinski definition) is 2. The average molecular weight is 299 g/mol. The zero-order valence-corrected chi connectivity index (χ0v) is 12.6. The van der Waals surface area contributed by atoms with Crippen LogP contribution in [0.1, 0.15) is 18.3 Å². The topological polar surface area (TPSA) is 57.8 Å². The summed E-state index contributed by atoms with van der Waals surface area (Å²) in [6, 6.07) is 12.6. The first-order chi connectivity index (χ1) is 10.2. The molecule has 0 bridgehead atoms. The van der Waals surface area contributed by atoms with Crippen molar-refractivity contribution in [1.82, 2.24) is 15.3 Å². The van der Waals surface area contributed by atoms with E-state index in [4.69, 9.17) is 0 Å². The van der Waals surface area contributed by atoms with Crippen molar-refractivity contribution in [3.05, 3.63) is 63.5 Å². The number of aromatic nitrogens is 2. The monoisotopic (exact) mass is 299 g/mol. The number of aromatic amines is 1. The largest absolute Gasteiger partial charge is 0.308 e.